The Morgan fingerprint density at radius 2 is 1.97 bits per heavy atom. The van der Waals surface area contributed by atoms with Crippen LogP contribution in [0.2, 0.25) is 0 Å². The maximum Gasteiger partial charge on any atom is 0.273 e. The van der Waals surface area contributed by atoms with Gasteiger partial charge in [0.1, 0.15) is 11.9 Å². The van der Waals surface area contributed by atoms with Crippen LogP contribution >= 0.6 is 0 Å². The van der Waals surface area contributed by atoms with Crippen LogP contribution in [0.5, 0.6) is 5.75 Å². The lowest BCUT2D eigenvalue weighted by molar-refractivity contribution is -0.129. The number of hydrogen-bond acceptors (Lipinski definition) is 5. The number of amides is 2. The van der Waals surface area contributed by atoms with Crippen LogP contribution in [0, 0.1) is 11.6 Å². The van der Waals surface area contributed by atoms with Gasteiger partial charge in [-0.1, -0.05) is 35.5 Å². The highest BCUT2D eigenvalue weighted by molar-refractivity contribution is 5.95. The van der Waals surface area contributed by atoms with Gasteiger partial charge in [0.05, 0.1) is 13.1 Å². The molecule has 1 aromatic heterocycles. The fraction of sp³-hybridized carbons (Fsp3) is 0.227. The standard InChI is InChI=1S/C22H19F2N3O4/c23-15-6-7-17(24)20(10-15)30-16-8-9-27(13-16)21(28)12-25-22(29)18-11-19(31-26-18)14-4-2-1-3-5-14/h1-7,10-11,16H,8-9,12-13H2,(H,25,29). The van der Waals surface area contributed by atoms with Gasteiger partial charge in [-0.3, -0.25) is 9.59 Å². The summed E-state index contributed by atoms with van der Waals surface area (Å²) in [4.78, 5) is 26.2. The number of carbonyl (C=O) groups excluding carboxylic acids is 2. The summed E-state index contributed by atoms with van der Waals surface area (Å²) in [5.74, 6) is -1.86. The van der Waals surface area contributed by atoms with E-state index in [9.17, 15) is 18.4 Å². The zero-order chi connectivity index (χ0) is 21.8. The molecule has 1 atom stereocenters. The summed E-state index contributed by atoms with van der Waals surface area (Å²) in [6.07, 6.45) is 0.0132. The molecule has 0 radical (unpaired) electrons. The third-order valence-electron chi connectivity index (χ3n) is 4.89. The van der Waals surface area contributed by atoms with E-state index in [4.69, 9.17) is 9.26 Å². The van der Waals surface area contributed by atoms with Crippen LogP contribution in [0.3, 0.4) is 0 Å². The molecule has 2 aromatic carbocycles. The van der Waals surface area contributed by atoms with E-state index in [1.165, 1.54) is 11.0 Å². The number of ether oxygens (including phenoxy) is 1. The van der Waals surface area contributed by atoms with E-state index in [2.05, 4.69) is 10.5 Å². The Kier molecular flexibility index (Phi) is 5.92. The average Bonchev–Trinajstić information content (AvgIpc) is 3.45. The number of aromatic nitrogens is 1. The van der Waals surface area contributed by atoms with Crippen LogP contribution in [0.1, 0.15) is 16.9 Å². The summed E-state index contributed by atoms with van der Waals surface area (Å²) in [6.45, 7) is 0.374. The molecule has 7 nitrogen and oxygen atoms in total. The van der Waals surface area contributed by atoms with E-state index in [1.54, 1.807) is 0 Å². The minimum absolute atomic E-state index is 0.0656. The second-order valence-corrected chi connectivity index (χ2v) is 7.07. The van der Waals surface area contributed by atoms with Crippen molar-refractivity contribution in [2.45, 2.75) is 12.5 Å². The third-order valence-corrected chi connectivity index (χ3v) is 4.89. The molecule has 4 rings (SSSR count). The number of nitrogens with zero attached hydrogens (tertiary/aromatic N) is 2. The Hall–Kier alpha value is -3.75. The van der Waals surface area contributed by atoms with Crippen molar-refractivity contribution in [1.29, 1.82) is 0 Å². The van der Waals surface area contributed by atoms with Crippen molar-refractivity contribution < 1.29 is 27.6 Å². The quantitative estimate of drug-likeness (QED) is 0.654. The SMILES string of the molecule is O=C(NCC(=O)N1CCC(Oc2cc(F)ccc2F)C1)c1cc(-c2ccccc2)on1. The molecule has 3 aromatic rings. The van der Waals surface area contributed by atoms with Crippen molar-refractivity contribution in [3.8, 4) is 17.1 Å². The highest BCUT2D eigenvalue weighted by Gasteiger charge is 2.28. The number of hydrogen-bond donors (Lipinski definition) is 1. The molecular formula is C22H19F2N3O4. The van der Waals surface area contributed by atoms with Crippen LogP contribution in [0.25, 0.3) is 11.3 Å². The molecule has 0 bridgehead atoms. The largest absolute Gasteiger partial charge is 0.485 e. The monoisotopic (exact) mass is 427 g/mol. The van der Waals surface area contributed by atoms with Crippen LogP contribution in [0.15, 0.2) is 59.1 Å². The maximum atomic E-state index is 13.7. The van der Waals surface area contributed by atoms with Crippen molar-refractivity contribution in [1.82, 2.24) is 15.4 Å². The fourth-order valence-corrected chi connectivity index (χ4v) is 3.28. The van der Waals surface area contributed by atoms with E-state index < -0.39 is 23.6 Å². The first-order valence-corrected chi connectivity index (χ1v) is 9.69. The molecule has 1 unspecified atom stereocenters. The lowest BCUT2D eigenvalue weighted by Gasteiger charge is -2.17. The number of rotatable bonds is 6. The summed E-state index contributed by atoms with van der Waals surface area (Å²) >= 11 is 0. The lowest BCUT2D eigenvalue weighted by Crippen LogP contribution is -2.39. The summed E-state index contributed by atoms with van der Waals surface area (Å²) < 4.78 is 37.7. The fourth-order valence-electron chi connectivity index (χ4n) is 3.28. The molecule has 1 aliphatic rings. The molecule has 0 spiro atoms. The summed E-state index contributed by atoms with van der Waals surface area (Å²) in [6, 6.07) is 13.7. The summed E-state index contributed by atoms with van der Waals surface area (Å²) in [7, 11) is 0. The van der Waals surface area contributed by atoms with Crippen molar-refractivity contribution >= 4 is 11.8 Å². The minimum atomic E-state index is -0.666. The van der Waals surface area contributed by atoms with Crippen LogP contribution < -0.4 is 10.1 Å². The molecule has 31 heavy (non-hydrogen) atoms. The molecule has 1 saturated heterocycles. The Balaban J connectivity index is 1.28. The van der Waals surface area contributed by atoms with E-state index in [-0.39, 0.29) is 30.4 Å². The van der Waals surface area contributed by atoms with Gasteiger partial charge in [0, 0.05) is 30.7 Å². The number of carbonyl (C=O) groups is 2. The lowest BCUT2D eigenvalue weighted by atomic mass is 10.1. The molecule has 1 N–H and O–H groups in total. The van der Waals surface area contributed by atoms with Crippen molar-refractivity contribution in [3.63, 3.8) is 0 Å². The predicted octanol–water partition coefficient (Wildman–Crippen LogP) is 3.03. The summed E-state index contributed by atoms with van der Waals surface area (Å²) in [5.41, 5.74) is 0.846. The maximum absolute atomic E-state index is 13.7. The number of likely N-dealkylation sites (tertiary alicyclic amines) is 1. The van der Waals surface area contributed by atoms with E-state index in [0.29, 0.717) is 18.7 Å². The predicted molar refractivity (Wildman–Crippen MR) is 106 cm³/mol. The molecule has 1 fully saturated rings. The molecular weight excluding hydrogens is 408 g/mol. The first-order chi connectivity index (χ1) is 15.0. The second kappa shape index (κ2) is 8.95. The molecule has 0 saturated carbocycles. The van der Waals surface area contributed by atoms with Gasteiger partial charge in [0.25, 0.3) is 5.91 Å². The van der Waals surface area contributed by atoms with Gasteiger partial charge >= 0.3 is 0 Å². The van der Waals surface area contributed by atoms with Gasteiger partial charge in [0.15, 0.2) is 23.0 Å². The minimum Gasteiger partial charge on any atom is -0.485 e. The van der Waals surface area contributed by atoms with Gasteiger partial charge in [-0.25, -0.2) is 8.78 Å². The first-order valence-electron chi connectivity index (χ1n) is 9.69. The Bertz CT molecular complexity index is 1090. The zero-order valence-electron chi connectivity index (χ0n) is 16.4. The smallest absolute Gasteiger partial charge is 0.273 e. The first kappa shape index (κ1) is 20.5. The molecule has 9 heteroatoms. The summed E-state index contributed by atoms with van der Waals surface area (Å²) in [5, 5.41) is 6.26. The Morgan fingerprint density at radius 1 is 1.16 bits per heavy atom. The van der Waals surface area contributed by atoms with Crippen LogP contribution in [-0.4, -0.2) is 47.6 Å². The van der Waals surface area contributed by atoms with E-state index in [0.717, 1.165) is 23.8 Å². The van der Waals surface area contributed by atoms with E-state index >= 15 is 0 Å². The average molecular weight is 427 g/mol. The zero-order valence-corrected chi connectivity index (χ0v) is 16.4. The normalized spacial score (nSPS) is 15.7. The van der Waals surface area contributed by atoms with E-state index in [1.807, 2.05) is 30.3 Å². The number of halogens is 2. The third kappa shape index (κ3) is 4.88. The second-order valence-electron chi connectivity index (χ2n) is 7.07. The van der Waals surface area contributed by atoms with Gasteiger partial charge < -0.3 is 19.5 Å². The molecule has 2 heterocycles. The highest BCUT2D eigenvalue weighted by atomic mass is 19.1. The molecule has 1 aliphatic heterocycles. The van der Waals surface area contributed by atoms with Crippen molar-refractivity contribution in [2.75, 3.05) is 19.6 Å². The molecule has 0 aliphatic carbocycles. The van der Waals surface area contributed by atoms with Gasteiger partial charge in [-0.05, 0) is 12.1 Å². The van der Waals surface area contributed by atoms with Crippen LogP contribution in [-0.2, 0) is 4.79 Å². The Labute approximate surface area is 176 Å². The van der Waals surface area contributed by atoms with Crippen LogP contribution in [0.4, 0.5) is 8.78 Å². The molecule has 160 valence electrons. The number of benzene rings is 2. The van der Waals surface area contributed by atoms with Gasteiger partial charge in [-0.2, -0.15) is 0 Å². The van der Waals surface area contributed by atoms with Gasteiger partial charge in [-0.15, -0.1) is 0 Å². The topological polar surface area (TPSA) is 84.7 Å². The Morgan fingerprint density at radius 3 is 2.77 bits per heavy atom. The number of nitrogens with one attached hydrogen (secondary N) is 1. The highest BCUT2D eigenvalue weighted by Crippen LogP contribution is 2.23. The molecule has 2 amide bonds. The van der Waals surface area contributed by atoms with Crippen molar-refractivity contribution in [3.05, 3.63) is 71.9 Å². The van der Waals surface area contributed by atoms with Gasteiger partial charge in [0.2, 0.25) is 5.91 Å². The van der Waals surface area contributed by atoms with Crippen molar-refractivity contribution in [2.24, 2.45) is 0 Å².